The van der Waals surface area contributed by atoms with Crippen LogP contribution in [0.4, 0.5) is 5.69 Å². The molecule has 4 rings (SSSR count). The predicted molar refractivity (Wildman–Crippen MR) is 103 cm³/mol. The minimum Gasteiger partial charge on any atom is -0.483 e. The molecule has 1 saturated carbocycles. The lowest BCUT2D eigenvalue weighted by atomic mass is 9.61. The molecule has 2 N–H and O–H groups in total. The molecule has 7 heteroatoms. The summed E-state index contributed by atoms with van der Waals surface area (Å²) in [5.74, 6) is 1.19. The van der Waals surface area contributed by atoms with Crippen LogP contribution in [-0.2, 0) is 9.59 Å². The van der Waals surface area contributed by atoms with Crippen molar-refractivity contribution < 1.29 is 19.4 Å². The van der Waals surface area contributed by atoms with Crippen molar-refractivity contribution in [3.8, 4) is 5.75 Å². The molecule has 2 aliphatic heterocycles. The Morgan fingerprint density at radius 2 is 2.11 bits per heavy atom. The van der Waals surface area contributed by atoms with Crippen molar-refractivity contribution in [3.63, 3.8) is 0 Å². The molecule has 1 aromatic carbocycles. The number of fused-ring (bicyclic) bond motifs is 3. The highest BCUT2D eigenvalue weighted by Gasteiger charge is 2.39. The van der Waals surface area contributed by atoms with Gasteiger partial charge in [0.15, 0.2) is 5.84 Å². The third-order valence-electron chi connectivity index (χ3n) is 5.98. The number of rotatable bonds is 2. The molecule has 0 spiro atoms. The molecule has 0 bridgehead atoms. The number of hydrazone groups is 1. The molecule has 146 valence electrons. The van der Waals surface area contributed by atoms with Crippen LogP contribution in [0.5, 0.6) is 5.75 Å². The van der Waals surface area contributed by atoms with Crippen LogP contribution in [0.2, 0.25) is 0 Å². The quantitative estimate of drug-likeness (QED) is 0.831. The Morgan fingerprint density at radius 1 is 1.44 bits per heavy atom. The van der Waals surface area contributed by atoms with Crippen molar-refractivity contribution in [1.29, 1.82) is 0 Å². The van der Waals surface area contributed by atoms with Gasteiger partial charge in [-0.25, -0.2) is 5.43 Å². The molecule has 3 aliphatic rings. The number of carbonyl (C=O) groups is 2. The molecule has 1 aliphatic carbocycles. The minimum atomic E-state index is -0.833. The number of ether oxygens (including phenoxy) is 1. The largest absolute Gasteiger partial charge is 0.483 e. The van der Waals surface area contributed by atoms with E-state index in [2.05, 4.69) is 36.5 Å². The van der Waals surface area contributed by atoms with E-state index in [-0.39, 0.29) is 11.9 Å². The number of amidine groups is 1. The van der Waals surface area contributed by atoms with Crippen LogP contribution < -0.4 is 15.1 Å². The summed E-state index contributed by atoms with van der Waals surface area (Å²) in [5, 5.41) is 11.6. The van der Waals surface area contributed by atoms with Crippen LogP contribution >= 0.6 is 0 Å². The summed E-state index contributed by atoms with van der Waals surface area (Å²) in [5.41, 5.74) is 5.24. The number of hydrogen-bond donors (Lipinski definition) is 2. The van der Waals surface area contributed by atoms with Gasteiger partial charge in [-0.3, -0.25) is 9.59 Å². The Labute approximate surface area is 159 Å². The SMILES string of the molecule is CC(=O)O.CC1C(=O)NN=C2COc3ccc(C(C)C4(C)CCC4)cc3N21. The Hall–Kier alpha value is -2.57. The van der Waals surface area contributed by atoms with Gasteiger partial charge in [0.25, 0.3) is 11.9 Å². The molecule has 27 heavy (non-hydrogen) atoms. The molecule has 0 saturated heterocycles. The van der Waals surface area contributed by atoms with Crippen molar-refractivity contribution in [1.82, 2.24) is 5.43 Å². The zero-order valence-electron chi connectivity index (χ0n) is 16.3. The summed E-state index contributed by atoms with van der Waals surface area (Å²) >= 11 is 0. The molecule has 2 heterocycles. The number of amides is 1. The number of carboxylic acids is 1. The number of carboxylic acid groups (broad SMARTS) is 1. The molecule has 2 atom stereocenters. The molecule has 1 amide bonds. The average molecular weight is 373 g/mol. The Balaban J connectivity index is 0.000000481. The number of carbonyl (C=O) groups excluding carboxylic acids is 1. The van der Waals surface area contributed by atoms with E-state index in [0.29, 0.717) is 17.9 Å². The lowest BCUT2D eigenvalue weighted by Crippen LogP contribution is -2.55. The second-order valence-corrected chi connectivity index (χ2v) is 7.81. The number of nitrogens with one attached hydrogen (secondary N) is 1. The van der Waals surface area contributed by atoms with Crippen LogP contribution in [0, 0.1) is 5.41 Å². The van der Waals surface area contributed by atoms with Crippen LogP contribution in [0.25, 0.3) is 0 Å². The van der Waals surface area contributed by atoms with Crippen molar-refractivity contribution in [2.45, 2.75) is 58.9 Å². The minimum absolute atomic E-state index is 0.0778. The number of benzene rings is 1. The van der Waals surface area contributed by atoms with E-state index in [0.717, 1.165) is 24.2 Å². The van der Waals surface area contributed by atoms with Crippen LogP contribution in [-0.4, -0.2) is 35.5 Å². The van der Waals surface area contributed by atoms with E-state index in [1.54, 1.807) is 0 Å². The lowest BCUT2D eigenvalue weighted by Gasteiger charge is -2.44. The van der Waals surface area contributed by atoms with E-state index in [1.165, 1.54) is 24.8 Å². The highest BCUT2D eigenvalue weighted by molar-refractivity contribution is 6.09. The van der Waals surface area contributed by atoms with Gasteiger partial charge in [0.2, 0.25) is 0 Å². The Kier molecular flexibility index (Phi) is 5.13. The van der Waals surface area contributed by atoms with E-state index in [1.807, 2.05) is 17.9 Å². The van der Waals surface area contributed by atoms with Gasteiger partial charge in [-0.15, -0.1) is 0 Å². The van der Waals surface area contributed by atoms with E-state index in [9.17, 15) is 4.79 Å². The normalized spacial score (nSPS) is 23.1. The maximum absolute atomic E-state index is 12.0. The van der Waals surface area contributed by atoms with E-state index >= 15 is 0 Å². The second-order valence-electron chi connectivity index (χ2n) is 7.81. The molecular weight excluding hydrogens is 346 g/mol. The first kappa shape index (κ1) is 19.2. The zero-order chi connectivity index (χ0) is 19.8. The van der Waals surface area contributed by atoms with Gasteiger partial charge >= 0.3 is 0 Å². The first-order chi connectivity index (χ1) is 12.7. The smallest absolute Gasteiger partial charge is 0.300 e. The highest BCUT2D eigenvalue weighted by Crippen LogP contribution is 2.51. The monoisotopic (exact) mass is 373 g/mol. The third kappa shape index (κ3) is 3.63. The molecule has 7 nitrogen and oxygen atoms in total. The van der Waals surface area contributed by atoms with Crippen molar-refractivity contribution in [3.05, 3.63) is 23.8 Å². The summed E-state index contributed by atoms with van der Waals surface area (Å²) < 4.78 is 5.81. The number of hydrogen-bond acceptors (Lipinski definition) is 5. The lowest BCUT2D eigenvalue weighted by molar-refractivity contribution is -0.134. The first-order valence-electron chi connectivity index (χ1n) is 9.35. The van der Waals surface area contributed by atoms with Crippen LogP contribution in [0.15, 0.2) is 23.3 Å². The van der Waals surface area contributed by atoms with Crippen molar-refractivity contribution in [2.75, 3.05) is 11.5 Å². The first-order valence-corrected chi connectivity index (χ1v) is 9.35. The molecule has 0 aromatic heterocycles. The van der Waals surface area contributed by atoms with Crippen LogP contribution in [0.3, 0.4) is 0 Å². The number of aliphatic carboxylic acids is 1. The average Bonchev–Trinajstić information content (AvgIpc) is 2.60. The van der Waals surface area contributed by atoms with Gasteiger partial charge in [-0.1, -0.05) is 26.3 Å². The van der Waals surface area contributed by atoms with Gasteiger partial charge in [0, 0.05) is 6.92 Å². The van der Waals surface area contributed by atoms with E-state index < -0.39 is 5.97 Å². The maximum Gasteiger partial charge on any atom is 0.300 e. The summed E-state index contributed by atoms with van der Waals surface area (Å²) in [7, 11) is 0. The fourth-order valence-corrected chi connectivity index (χ4v) is 3.88. The fourth-order valence-electron chi connectivity index (χ4n) is 3.88. The number of anilines is 1. The van der Waals surface area contributed by atoms with Gasteiger partial charge in [0.1, 0.15) is 18.4 Å². The summed E-state index contributed by atoms with van der Waals surface area (Å²) in [6.07, 6.45) is 3.91. The molecule has 1 fully saturated rings. The highest BCUT2D eigenvalue weighted by atomic mass is 16.5. The van der Waals surface area contributed by atoms with Gasteiger partial charge < -0.3 is 14.7 Å². The van der Waals surface area contributed by atoms with E-state index in [4.69, 9.17) is 14.6 Å². The zero-order valence-corrected chi connectivity index (χ0v) is 16.3. The Bertz CT molecular complexity index is 781. The van der Waals surface area contributed by atoms with Gasteiger partial charge in [0.05, 0.1) is 5.69 Å². The summed E-state index contributed by atoms with van der Waals surface area (Å²) in [6, 6.07) is 6.13. The fraction of sp³-hybridized carbons (Fsp3) is 0.550. The van der Waals surface area contributed by atoms with Crippen molar-refractivity contribution in [2.24, 2.45) is 10.5 Å². The number of nitrogens with zero attached hydrogens (tertiary/aromatic N) is 2. The standard InChI is InChI=1S/C18H23N3O2.C2H4O2/c1-11(18(3)7-4-8-18)13-5-6-15-14(9-13)21-12(2)17(22)20-19-16(21)10-23-15;1-2(3)4/h5-6,9,11-12H,4,7-8,10H2,1-3H3,(H,20,22);1H3,(H,3,4). The maximum atomic E-state index is 12.0. The van der Waals surface area contributed by atoms with Crippen LogP contribution in [0.1, 0.15) is 58.4 Å². The molecule has 0 radical (unpaired) electrons. The van der Waals surface area contributed by atoms with Gasteiger partial charge in [-0.05, 0) is 48.8 Å². The third-order valence-corrected chi connectivity index (χ3v) is 5.98. The molecule has 1 aromatic rings. The van der Waals surface area contributed by atoms with Crippen molar-refractivity contribution >= 4 is 23.4 Å². The Morgan fingerprint density at radius 3 is 2.70 bits per heavy atom. The van der Waals surface area contributed by atoms with Gasteiger partial charge in [-0.2, -0.15) is 5.10 Å². The molecular formula is C20H27N3O4. The second kappa shape index (κ2) is 7.21. The summed E-state index contributed by atoms with van der Waals surface area (Å²) in [4.78, 5) is 23.0. The predicted octanol–water partition coefficient (Wildman–Crippen LogP) is 3.10. The topological polar surface area (TPSA) is 91.2 Å². The summed E-state index contributed by atoms with van der Waals surface area (Å²) in [6.45, 7) is 8.07. The molecule has 2 unspecified atom stereocenters.